The largest absolute Gasteiger partial charge is 0.484 e. The molecule has 0 bridgehead atoms. The maximum absolute atomic E-state index is 13.1. The molecule has 1 heterocycles. The quantitative estimate of drug-likeness (QED) is 0.595. The summed E-state index contributed by atoms with van der Waals surface area (Å²) in [7, 11) is -3.67. The van der Waals surface area contributed by atoms with E-state index in [0.717, 1.165) is 16.8 Å². The lowest BCUT2D eigenvalue weighted by Gasteiger charge is -2.19. The molecule has 0 aromatic heterocycles. The van der Waals surface area contributed by atoms with Gasteiger partial charge in [0.15, 0.2) is 6.61 Å². The molecular weight excluding hydrogens is 436 g/mol. The van der Waals surface area contributed by atoms with Crippen molar-refractivity contribution in [2.45, 2.75) is 18.2 Å². The first kappa shape index (κ1) is 21.2. The van der Waals surface area contributed by atoms with Crippen LogP contribution in [0.5, 0.6) is 5.75 Å². The van der Waals surface area contributed by atoms with Gasteiger partial charge in [-0.15, -0.1) is 0 Å². The smallest absolute Gasteiger partial charge is 0.264 e. The van der Waals surface area contributed by atoms with Crippen molar-refractivity contribution in [3.05, 3.63) is 82.9 Å². The third kappa shape index (κ3) is 4.52. The summed E-state index contributed by atoms with van der Waals surface area (Å²) >= 11 is 5.98. The Balaban J connectivity index is 1.40. The molecule has 1 aliphatic rings. The maximum Gasteiger partial charge on any atom is 0.264 e. The number of ether oxygens (including phenoxy) is 1. The fraction of sp³-hybridized carbons (Fsp3) is 0.174. The van der Waals surface area contributed by atoms with Crippen molar-refractivity contribution in [3.63, 3.8) is 0 Å². The van der Waals surface area contributed by atoms with Crippen LogP contribution < -0.4 is 14.4 Å². The van der Waals surface area contributed by atoms with Gasteiger partial charge < -0.3 is 10.1 Å². The van der Waals surface area contributed by atoms with E-state index in [1.165, 1.54) is 16.4 Å². The van der Waals surface area contributed by atoms with Crippen LogP contribution in [-0.4, -0.2) is 27.5 Å². The Hall–Kier alpha value is -3.03. The number of hydrogen-bond acceptors (Lipinski definition) is 4. The Morgan fingerprint density at radius 3 is 2.58 bits per heavy atom. The van der Waals surface area contributed by atoms with Gasteiger partial charge in [0.2, 0.25) is 0 Å². The van der Waals surface area contributed by atoms with Crippen LogP contribution in [0.15, 0.2) is 71.6 Å². The number of nitrogens with zero attached hydrogens (tertiary/aromatic N) is 1. The number of halogens is 1. The monoisotopic (exact) mass is 456 g/mol. The van der Waals surface area contributed by atoms with Gasteiger partial charge in [-0.25, -0.2) is 8.42 Å². The van der Waals surface area contributed by atoms with E-state index in [-0.39, 0.29) is 17.4 Å². The molecule has 0 spiro atoms. The Bertz CT molecular complexity index is 1230. The molecule has 4 rings (SSSR count). The van der Waals surface area contributed by atoms with E-state index >= 15 is 0 Å². The van der Waals surface area contributed by atoms with Gasteiger partial charge >= 0.3 is 0 Å². The highest BCUT2D eigenvalue weighted by atomic mass is 35.5. The summed E-state index contributed by atoms with van der Waals surface area (Å²) in [5.41, 5.74) is 3.08. The molecule has 0 saturated heterocycles. The molecule has 0 saturated carbocycles. The van der Waals surface area contributed by atoms with E-state index in [4.69, 9.17) is 16.3 Å². The lowest BCUT2D eigenvalue weighted by atomic mass is 10.2. The number of para-hydroxylation sites is 1. The third-order valence-electron chi connectivity index (χ3n) is 5.07. The van der Waals surface area contributed by atoms with Gasteiger partial charge in [-0.05, 0) is 73.0 Å². The molecule has 0 aliphatic carbocycles. The summed E-state index contributed by atoms with van der Waals surface area (Å²) in [6.45, 7) is 2.10. The summed E-state index contributed by atoms with van der Waals surface area (Å²) in [4.78, 5) is 12.4. The zero-order valence-electron chi connectivity index (χ0n) is 16.8. The predicted molar refractivity (Wildman–Crippen MR) is 121 cm³/mol. The highest BCUT2D eigenvalue weighted by molar-refractivity contribution is 7.92. The molecule has 0 atom stereocenters. The van der Waals surface area contributed by atoms with Gasteiger partial charge in [-0.3, -0.25) is 9.10 Å². The Morgan fingerprint density at radius 1 is 1.10 bits per heavy atom. The molecule has 3 aromatic rings. The lowest BCUT2D eigenvalue weighted by molar-refractivity contribution is -0.118. The summed E-state index contributed by atoms with van der Waals surface area (Å²) in [5, 5.41) is 3.33. The Morgan fingerprint density at radius 2 is 1.84 bits per heavy atom. The molecule has 6 nitrogen and oxygen atoms in total. The fourth-order valence-electron chi connectivity index (χ4n) is 3.45. The van der Waals surface area contributed by atoms with Gasteiger partial charge in [0.05, 0.1) is 10.6 Å². The second-order valence-corrected chi connectivity index (χ2v) is 9.50. The molecule has 1 aliphatic heterocycles. The normalized spacial score (nSPS) is 13.0. The van der Waals surface area contributed by atoms with E-state index in [1.807, 2.05) is 31.2 Å². The van der Waals surface area contributed by atoms with Crippen molar-refractivity contribution in [1.82, 2.24) is 0 Å². The summed E-state index contributed by atoms with van der Waals surface area (Å²) in [5.74, 6) is 0.195. The van der Waals surface area contributed by atoms with Crippen LogP contribution in [0, 0.1) is 6.92 Å². The van der Waals surface area contributed by atoms with Crippen LogP contribution in [0.1, 0.15) is 11.1 Å². The van der Waals surface area contributed by atoms with Crippen LogP contribution >= 0.6 is 11.6 Å². The number of fused-ring (bicyclic) bond motifs is 1. The third-order valence-corrected chi connectivity index (χ3v) is 7.32. The van der Waals surface area contributed by atoms with Crippen molar-refractivity contribution in [3.8, 4) is 5.75 Å². The number of hydrogen-bond donors (Lipinski definition) is 1. The van der Waals surface area contributed by atoms with Crippen molar-refractivity contribution in [2.75, 3.05) is 22.8 Å². The molecule has 1 N–H and O–H groups in total. The summed E-state index contributed by atoms with van der Waals surface area (Å²) < 4.78 is 33.0. The van der Waals surface area contributed by atoms with Crippen molar-refractivity contribution < 1.29 is 17.9 Å². The number of carbonyl (C=O) groups is 1. The van der Waals surface area contributed by atoms with Gasteiger partial charge in [0.1, 0.15) is 5.75 Å². The first-order valence-electron chi connectivity index (χ1n) is 9.74. The SMILES string of the molecule is Cc1cc(OCC(=O)Nc2ccc(S(=O)(=O)N3CCc4ccccc43)cc2)ccc1Cl. The van der Waals surface area contributed by atoms with Gasteiger partial charge in [0, 0.05) is 17.3 Å². The number of anilines is 2. The molecular formula is C23H21ClN2O4S. The molecule has 160 valence electrons. The van der Waals surface area contributed by atoms with Gasteiger partial charge in [-0.2, -0.15) is 0 Å². The minimum absolute atomic E-state index is 0.175. The molecule has 0 unspecified atom stereocenters. The average Bonchev–Trinajstić information content (AvgIpc) is 3.20. The zero-order valence-corrected chi connectivity index (χ0v) is 18.4. The fourth-order valence-corrected chi connectivity index (χ4v) is 5.07. The first-order valence-corrected chi connectivity index (χ1v) is 11.6. The van der Waals surface area contributed by atoms with Crippen molar-refractivity contribution in [2.24, 2.45) is 0 Å². The molecule has 8 heteroatoms. The topological polar surface area (TPSA) is 75.7 Å². The van der Waals surface area contributed by atoms with Crippen LogP contribution in [0.4, 0.5) is 11.4 Å². The number of aryl methyl sites for hydroxylation is 1. The van der Waals surface area contributed by atoms with E-state index < -0.39 is 10.0 Å². The molecule has 3 aromatic carbocycles. The van der Waals surface area contributed by atoms with Gasteiger partial charge in [0.25, 0.3) is 15.9 Å². The number of carbonyl (C=O) groups excluding carboxylic acids is 1. The summed E-state index contributed by atoms with van der Waals surface area (Å²) in [6.07, 6.45) is 0.691. The van der Waals surface area contributed by atoms with Gasteiger partial charge in [-0.1, -0.05) is 29.8 Å². The van der Waals surface area contributed by atoms with Crippen LogP contribution in [0.25, 0.3) is 0 Å². The minimum Gasteiger partial charge on any atom is -0.484 e. The number of benzene rings is 3. The number of rotatable bonds is 6. The second kappa shape index (κ2) is 8.61. The molecule has 1 amide bonds. The highest BCUT2D eigenvalue weighted by Crippen LogP contribution is 2.32. The molecule has 0 fully saturated rings. The van der Waals surface area contributed by atoms with E-state index in [0.29, 0.717) is 29.4 Å². The number of sulfonamides is 1. The lowest BCUT2D eigenvalue weighted by Crippen LogP contribution is -2.29. The first-order chi connectivity index (χ1) is 14.8. The maximum atomic E-state index is 13.1. The second-order valence-electron chi connectivity index (χ2n) is 7.23. The number of amides is 1. The van der Waals surface area contributed by atoms with Crippen molar-refractivity contribution >= 4 is 38.9 Å². The van der Waals surface area contributed by atoms with E-state index in [9.17, 15) is 13.2 Å². The van der Waals surface area contributed by atoms with Crippen molar-refractivity contribution in [1.29, 1.82) is 0 Å². The molecule has 31 heavy (non-hydrogen) atoms. The Kier molecular flexibility index (Phi) is 5.89. The summed E-state index contributed by atoms with van der Waals surface area (Å²) in [6, 6.07) is 18.8. The van der Waals surface area contributed by atoms with Crippen LogP contribution in [0.2, 0.25) is 5.02 Å². The van der Waals surface area contributed by atoms with E-state index in [1.54, 1.807) is 30.3 Å². The highest BCUT2D eigenvalue weighted by Gasteiger charge is 2.30. The molecule has 0 radical (unpaired) electrons. The van der Waals surface area contributed by atoms with E-state index in [2.05, 4.69) is 5.32 Å². The Labute approximate surface area is 186 Å². The standard InChI is InChI=1S/C23H21ClN2O4S/c1-16-14-19(8-11-21(16)24)30-15-23(27)25-18-6-9-20(10-7-18)31(28,29)26-13-12-17-4-2-3-5-22(17)26/h2-11,14H,12-13,15H2,1H3,(H,25,27). The average molecular weight is 457 g/mol. The number of nitrogens with one attached hydrogen (secondary N) is 1. The minimum atomic E-state index is -3.67. The zero-order chi connectivity index (χ0) is 22.0. The van der Waals surface area contributed by atoms with Crippen LogP contribution in [0.3, 0.4) is 0 Å². The predicted octanol–water partition coefficient (Wildman–Crippen LogP) is 4.42. The van der Waals surface area contributed by atoms with Crippen LogP contribution in [-0.2, 0) is 21.2 Å².